The molecule has 0 bridgehead atoms. The number of rotatable bonds is 8. The Morgan fingerprint density at radius 1 is 0.279 bits per heavy atom. The third-order valence-corrected chi connectivity index (χ3v) is 15.0. The maximum Gasteiger partial charge on any atom is 0.0713 e. The minimum Gasteiger partial charge on any atom is -0.310 e. The van der Waals surface area contributed by atoms with E-state index >= 15 is 0 Å². The van der Waals surface area contributed by atoms with Gasteiger partial charge < -0.3 is 4.90 Å². The summed E-state index contributed by atoms with van der Waals surface area (Å²) < 4.78 is 0. The van der Waals surface area contributed by atoms with Gasteiger partial charge in [-0.1, -0.05) is 224 Å². The van der Waals surface area contributed by atoms with Crippen LogP contribution in [0.4, 0.5) is 17.1 Å². The summed E-state index contributed by atoms with van der Waals surface area (Å²) in [6.45, 7) is 2.40. The first-order valence-electron chi connectivity index (χ1n) is 23.7. The number of fused-ring (bicyclic) bond motifs is 7. The first-order valence-corrected chi connectivity index (χ1v) is 23.7. The van der Waals surface area contributed by atoms with E-state index in [1.165, 1.54) is 88.7 Å². The summed E-state index contributed by atoms with van der Waals surface area (Å²) in [5.41, 5.74) is 21.4. The number of anilines is 3. The van der Waals surface area contributed by atoms with Crippen molar-refractivity contribution in [2.75, 3.05) is 4.90 Å². The zero-order chi connectivity index (χ0) is 45.2. The molecule has 1 unspecified atom stereocenters. The van der Waals surface area contributed by atoms with Gasteiger partial charge in [0.15, 0.2) is 0 Å². The van der Waals surface area contributed by atoms with Crippen LogP contribution in [0.5, 0.6) is 0 Å². The van der Waals surface area contributed by atoms with Crippen molar-refractivity contribution in [3.63, 3.8) is 0 Å². The van der Waals surface area contributed by atoms with Crippen molar-refractivity contribution in [3.05, 3.63) is 306 Å². The molecule has 320 valence electrons. The number of hydrogen-bond acceptors (Lipinski definition) is 1. The van der Waals surface area contributed by atoms with Crippen LogP contribution >= 0.6 is 0 Å². The summed E-state index contributed by atoms with van der Waals surface area (Å²) in [7, 11) is 0. The summed E-state index contributed by atoms with van der Waals surface area (Å²) in [6, 6.07) is 99.1. The summed E-state index contributed by atoms with van der Waals surface area (Å²) in [5.74, 6) is 0. The van der Waals surface area contributed by atoms with E-state index in [2.05, 4.69) is 279 Å². The fourth-order valence-corrected chi connectivity index (χ4v) is 11.8. The van der Waals surface area contributed by atoms with E-state index in [4.69, 9.17) is 0 Å². The Morgan fingerprint density at radius 3 is 1.47 bits per heavy atom. The molecule has 1 nitrogen and oxygen atoms in total. The first kappa shape index (κ1) is 39.8. The second-order valence-electron chi connectivity index (χ2n) is 18.5. The average Bonchev–Trinajstić information content (AvgIpc) is 3.86. The molecule has 68 heavy (non-hydrogen) atoms. The van der Waals surface area contributed by atoms with Crippen LogP contribution < -0.4 is 4.90 Å². The highest BCUT2D eigenvalue weighted by Gasteiger charge is 2.46. The summed E-state index contributed by atoms with van der Waals surface area (Å²) in [5, 5.41) is 2.49. The minimum absolute atomic E-state index is 0.346. The maximum absolute atomic E-state index is 2.49. The Balaban J connectivity index is 1.02. The van der Waals surface area contributed by atoms with Crippen molar-refractivity contribution in [1.82, 2.24) is 0 Å². The molecular formula is C67H47N. The lowest BCUT2D eigenvalue weighted by molar-refractivity contribution is 0.714. The molecule has 0 radical (unpaired) electrons. The predicted octanol–water partition coefficient (Wildman–Crippen LogP) is 17.3. The molecule has 11 aromatic carbocycles. The zero-order valence-corrected chi connectivity index (χ0v) is 37.9. The van der Waals surface area contributed by atoms with Gasteiger partial charge in [0.2, 0.25) is 0 Å². The van der Waals surface area contributed by atoms with Crippen LogP contribution in [0.25, 0.3) is 55.3 Å². The Bertz CT molecular complexity index is 3640. The van der Waals surface area contributed by atoms with E-state index in [0.717, 1.165) is 22.6 Å². The monoisotopic (exact) mass is 865 g/mol. The van der Waals surface area contributed by atoms with E-state index in [0.29, 0.717) is 0 Å². The van der Waals surface area contributed by atoms with Gasteiger partial charge in [-0.2, -0.15) is 0 Å². The van der Waals surface area contributed by atoms with E-state index in [9.17, 15) is 0 Å². The highest BCUT2D eigenvalue weighted by Crippen LogP contribution is 2.58. The van der Waals surface area contributed by atoms with Gasteiger partial charge in [0.25, 0.3) is 0 Å². The number of benzene rings is 11. The molecule has 0 fully saturated rings. The Kier molecular flexibility index (Phi) is 9.27. The molecule has 11 aromatic rings. The lowest BCUT2D eigenvalue weighted by atomic mass is 9.67. The smallest absolute Gasteiger partial charge is 0.0713 e. The summed E-state index contributed by atoms with van der Waals surface area (Å²) >= 11 is 0. The second kappa shape index (κ2) is 15.8. The fraction of sp³-hybridized carbons (Fsp3) is 0.0448. The van der Waals surface area contributed by atoms with Crippen LogP contribution in [-0.4, -0.2) is 0 Å². The van der Waals surface area contributed by atoms with Crippen molar-refractivity contribution in [2.24, 2.45) is 0 Å². The molecule has 0 aliphatic heterocycles. The Morgan fingerprint density at radius 2 is 0.765 bits per heavy atom. The first-order chi connectivity index (χ1) is 33.6. The van der Waals surface area contributed by atoms with E-state index in [1.54, 1.807) is 0 Å². The summed E-state index contributed by atoms with van der Waals surface area (Å²) in [6.07, 6.45) is 0. The van der Waals surface area contributed by atoms with Crippen LogP contribution in [0.3, 0.4) is 0 Å². The van der Waals surface area contributed by atoms with Gasteiger partial charge >= 0.3 is 0 Å². The van der Waals surface area contributed by atoms with Crippen LogP contribution in [-0.2, 0) is 10.8 Å². The lowest BCUT2D eigenvalue weighted by Gasteiger charge is -2.34. The second-order valence-corrected chi connectivity index (χ2v) is 18.5. The third-order valence-electron chi connectivity index (χ3n) is 15.0. The Hall–Kier alpha value is -8.52. The molecule has 0 amide bonds. The topological polar surface area (TPSA) is 3.24 Å². The Labute approximate surface area is 398 Å². The van der Waals surface area contributed by atoms with Gasteiger partial charge in [-0.05, 0) is 138 Å². The van der Waals surface area contributed by atoms with Gasteiger partial charge in [-0.3, -0.25) is 0 Å². The van der Waals surface area contributed by atoms with Crippen molar-refractivity contribution in [2.45, 2.75) is 17.8 Å². The molecule has 0 heterocycles. The van der Waals surface area contributed by atoms with Crippen LogP contribution in [0.15, 0.2) is 267 Å². The van der Waals surface area contributed by atoms with Gasteiger partial charge in [0, 0.05) is 22.4 Å². The molecule has 0 spiro atoms. The number of para-hydroxylation sites is 1. The predicted molar refractivity (Wildman–Crippen MR) is 284 cm³/mol. The molecule has 0 saturated heterocycles. The SMILES string of the molecule is CC1(c2ccccc2)c2ccccc2-c2ccc(N(c3ccc(-c4ccc5ccccc5c4)cc3)c3ccccc3-c3ccc4c(c3)C(c3ccccc3)(c3ccccc3)c3ccccc3-4)cc21. The normalized spacial score (nSPS) is 15.0. The van der Waals surface area contributed by atoms with Gasteiger partial charge in [0.1, 0.15) is 0 Å². The summed E-state index contributed by atoms with van der Waals surface area (Å²) in [4.78, 5) is 2.48. The molecule has 0 saturated carbocycles. The molecular weight excluding hydrogens is 819 g/mol. The minimum atomic E-state index is -0.505. The lowest BCUT2D eigenvalue weighted by Crippen LogP contribution is -2.28. The zero-order valence-electron chi connectivity index (χ0n) is 37.9. The molecule has 0 aromatic heterocycles. The van der Waals surface area contributed by atoms with Crippen LogP contribution in [0.1, 0.15) is 45.9 Å². The maximum atomic E-state index is 2.49. The third kappa shape index (κ3) is 6.02. The van der Waals surface area contributed by atoms with Gasteiger partial charge in [-0.15, -0.1) is 0 Å². The van der Waals surface area contributed by atoms with Crippen molar-refractivity contribution < 1.29 is 0 Å². The van der Waals surface area contributed by atoms with Gasteiger partial charge in [0.05, 0.1) is 11.1 Å². The van der Waals surface area contributed by atoms with Crippen LogP contribution in [0.2, 0.25) is 0 Å². The van der Waals surface area contributed by atoms with E-state index in [1.807, 2.05) is 0 Å². The van der Waals surface area contributed by atoms with Crippen molar-refractivity contribution >= 4 is 27.8 Å². The van der Waals surface area contributed by atoms with Crippen LogP contribution in [0, 0.1) is 0 Å². The van der Waals surface area contributed by atoms with Gasteiger partial charge in [-0.25, -0.2) is 0 Å². The largest absolute Gasteiger partial charge is 0.310 e. The molecule has 0 N–H and O–H groups in total. The van der Waals surface area contributed by atoms with Crippen molar-refractivity contribution in [1.29, 1.82) is 0 Å². The quantitative estimate of drug-likeness (QED) is 0.147. The highest BCUT2D eigenvalue weighted by molar-refractivity contribution is 5.95. The molecule has 1 atom stereocenters. The average molecular weight is 866 g/mol. The molecule has 2 aliphatic rings. The highest BCUT2D eigenvalue weighted by atomic mass is 15.1. The molecule has 2 aliphatic carbocycles. The fourth-order valence-electron chi connectivity index (χ4n) is 11.8. The standard InChI is InChI=1S/C67H47N/c1-66(51-21-5-2-6-22-51)61-30-16-13-28-57(61)59-42-40-55(45-63(59)66)68(54-38-35-47(36-39-54)49-34-33-46-19-11-12-20-48(46)43-49)65-32-18-15-27-56(65)50-37-41-60-58-29-14-17-31-62(58)67(64(60)44-50,52-23-7-3-8-24-52)53-25-9-4-10-26-53/h2-45H,1H3. The van der Waals surface area contributed by atoms with E-state index < -0.39 is 5.41 Å². The molecule has 13 rings (SSSR count). The number of hydrogen-bond donors (Lipinski definition) is 0. The van der Waals surface area contributed by atoms with Crippen molar-refractivity contribution in [3.8, 4) is 44.5 Å². The number of nitrogens with zero attached hydrogens (tertiary/aromatic N) is 1. The van der Waals surface area contributed by atoms with E-state index in [-0.39, 0.29) is 5.41 Å². The molecule has 1 heteroatoms.